The van der Waals surface area contributed by atoms with Crippen LogP contribution in [-0.4, -0.2) is 60.1 Å². The zero-order valence-corrected chi connectivity index (χ0v) is 17.0. The molecule has 4 aromatic rings. The highest BCUT2D eigenvalue weighted by atomic mass is 16.5. The minimum absolute atomic E-state index is 0.250. The molecular weight excluding hydrogens is 368 g/mol. The average molecular weight is 392 g/mol. The lowest BCUT2D eigenvalue weighted by Crippen LogP contribution is -2.44. The number of nitrogens with one attached hydrogen (secondary N) is 1. The number of fused-ring (bicyclic) bond motifs is 1. The van der Waals surface area contributed by atoms with E-state index in [9.17, 15) is 0 Å². The number of morpholine rings is 1. The van der Waals surface area contributed by atoms with Crippen molar-refractivity contribution < 1.29 is 4.74 Å². The Morgan fingerprint density at radius 1 is 1.24 bits per heavy atom. The van der Waals surface area contributed by atoms with Gasteiger partial charge < -0.3 is 9.64 Å². The number of imidazole rings is 1. The predicted octanol–water partition coefficient (Wildman–Crippen LogP) is 2.36. The van der Waals surface area contributed by atoms with E-state index in [-0.39, 0.29) is 6.04 Å². The van der Waals surface area contributed by atoms with Crippen molar-refractivity contribution in [2.75, 3.05) is 24.7 Å². The van der Waals surface area contributed by atoms with Crippen LogP contribution in [-0.2, 0) is 11.8 Å². The maximum absolute atomic E-state index is 5.63. The number of aromatic amines is 1. The molecule has 1 fully saturated rings. The maximum atomic E-state index is 5.63. The fourth-order valence-electron chi connectivity index (χ4n) is 4.00. The zero-order chi connectivity index (χ0) is 20.1. The average Bonchev–Trinajstić information content (AvgIpc) is 3.40. The van der Waals surface area contributed by atoms with Crippen molar-refractivity contribution in [1.29, 1.82) is 0 Å². The smallest absolute Gasteiger partial charge is 0.169 e. The van der Waals surface area contributed by atoms with Crippen molar-refractivity contribution in [2.45, 2.75) is 26.8 Å². The lowest BCUT2D eigenvalue weighted by molar-refractivity contribution is 0.0985. The first kappa shape index (κ1) is 17.9. The second-order valence-electron chi connectivity index (χ2n) is 7.63. The maximum Gasteiger partial charge on any atom is 0.169 e. The van der Waals surface area contributed by atoms with Gasteiger partial charge in [0.2, 0.25) is 0 Å². The molecule has 1 N–H and O–H groups in total. The Morgan fingerprint density at radius 2 is 2.10 bits per heavy atom. The van der Waals surface area contributed by atoms with Crippen LogP contribution >= 0.6 is 0 Å². The summed E-state index contributed by atoms with van der Waals surface area (Å²) in [7, 11) is 1.96. The fraction of sp³-hybridized carbons (Fsp3) is 0.400. The fourth-order valence-corrected chi connectivity index (χ4v) is 4.00. The Morgan fingerprint density at radius 3 is 2.79 bits per heavy atom. The number of aryl methyl sites for hydroxylation is 3. The third-order valence-corrected chi connectivity index (χ3v) is 5.48. The van der Waals surface area contributed by atoms with E-state index in [1.165, 1.54) is 0 Å². The summed E-state index contributed by atoms with van der Waals surface area (Å²) in [4.78, 5) is 12.0. The van der Waals surface area contributed by atoms with E-state index in [0.717, 1.165) is 52.0 Å². The highest BCUT2D eigenvalue weighted by Crippen LogP contribution is 2.31. The number of ether oxygens (including phenoxy) is 1. The molecule has 9 nitrogen and oxygen atoms in total. The molecule has 1 atom stereocenters. The summed E-state index contributed by atoms with van der Waals surface area (Å²) >= 11 is 0. The van der Waals surface area contributed by atoms with Gasteiger partial charge in [-0.3, -0.25) is 14.2 Å². The van der Waals surface area contributed by atoms with Crippen molar-refractivity contribution >= 4 is 11.5 Å². The lowest BCUT2D eigenvalue weighted by Gasteiger charge is -2.34. The predicted molar refractivity (Wildman–Crippen MR) is 110 cm³/mol. The third-order valence-electron chi connectivity index (χ3n) is 5.48. The van der Waals surface area contributed by atoms with Crippen molar-refractivity contribution in [2.24, 2.45) is 7.05 Å². The second kappa shape index (κ2) is 6.70. The van der Waals surface area contributed by atoms with Gasteiger partial charge in [0, 0.05) is 19.7 Å². The van der Waals surface area contributed by atoms with Crippen LogP contribution in [0.1, 0.15) is 18.2 Å². The van der Waals surface area contributed by atoms with Gasteiger partial charge in [-0.05, 0) is 32.4 Å². The monoisotopic (exact) mass is 392 g/mol. The summed E-state index contributed by atoms with van der Waals surface area (Å²) < 4.78 is 9.56. The Kier molecular flexibility index (Phi) is 4.13. The first-order valence-corrected chi connectivity index (χ1v) is 9.77. The largest absolute Gasteiger partial charge is 0.377 e. The Balaban J connectivity index is 1.77. The van der Waals surface area contributed by atoms with E-state index >= 15 is 0 Å². The summed E-state index contributed by atoms with van der Waals surface area (Å²) in [6.07, 6.45) is 3.71. The molecule has 1 saturated heterocycles. The van der Waals surface area contributed by atoms with E-state index < -0.39 is 0 Å². The topological polar surface area (TPSA) is 89.2 Å². The van der Waals surface area contributed by atoms with Crippen LogP contribution in [0.5, 0.6) is 0 Å². The first-order valence-electron chi connectivity index (χ1n) is 9.77. The standard InChI is InChI=1S/C20H24N8O/c1-12-9-22-26(4)19(12)16-8-17(27-5-6-29-10-14(27)3)23-20-18(21-11-28(16)20)15-7-13(2)24-25-15/h7-9,11,14H,5-6,10H2,1-4H3,(H,24,25)/t14-/m1/s1. The van der Waals surface area contributed by atoms with Gasteiger partial charge in [-0.25, -0.2) is 9.97 Å². The molecule has 0 aliphatic carbocycles. The van der Waals surface area contributed by atoms with Crippen LogP contribution in [0, 0.1) is 13.8 Å². The minimum atomic E-state index is 0.250. The molecule has 1 aliphatic rings. The molecule has 5 rings (SSSR count). The molecule has 0 aromatic carbocycles. The van der Waals surface area contributed by atoms with Crippen LogP contribution in [0.2, 0.25) is 0 Å². The Bertz CT molecular complexity index is 1170. The molecular formula is C20H24N8O. The number of hydrogen-bond acceptors (Lipinski definition) is 6. The molecule has 0 amide bonds. The van der Waals surface area contributed by atoms with E-state index in [4.69, 9.17) is 9.72 Å². The van der Waals surface area contributed by atoms with Crippen LogP contribution in [0.3, 0.4) is 0 Å². The van der Waals surface area contributed by atoms with Crippen LogP contribution < -0.4 is 4.90 Å². The molecule has 150 valence electrons. The summed E-state index contributed by atoms with van der Waals surface area (Å²) in [5.74, 6) is 0.918. The molecule has 0 bridgehead atoms. The summed E-state index contributed by atoms with van der Waals surface area (Å²) in [5, 5.41) is 11.8. The van der Waals surface area contributed by atoms with Gasteiger partial charge in [-0.1, -0.05) is 0 Å². The highest BCUT2D eigenvalue weighted by Gasteiger charge is 2.24. The molecule has 9 heteroatoms. The number of rotatable bonds is 3. The van der Waals surface area contributed by atoms with Gasteiger partial charge in [-0.15, -0.1) is 0 Å². The Hall–Kier alpha value is -3.20. The Labute approximate surface area is 168 Å². The van der Waals surface area contributed by atoms with Crippen LogP contribution in [0.25, 0.3) is 28.4 Å². The number of anilines is 1. The normalized spacial score (nSPS) is 17.4. The lowest BCUT2D eigenvalue weighted by atomic mass is 10.1. The molecule has 0 unspecified atom stereocenters. The van der Waals surface area contributed by atoms with Gasteiger partial charge in [0.1, 0.15) is 17.8 Å². The molecule has 0 radical (unpaired) electrons. The van der Waals surface area contributed by atoms with Gasteiger partial charge in [0.25, 0.3) is 0 Å². The van der Waals surface area contributed by atoms with E-state index in [1.54, 1.807) is 0 Å². The van der Waals surface area contributed by atoms with Gasteiger partial charge in [-0.2, -0.15) is 10.2 Å². The molecule has 0 saturated carbocycles. The number of nitrogens with zero attached hydrogens (tertiary/aromatic N) is 7. The number of H-pyrrole nitrogens is 1. The van der Waals surface area contributed by atoms with Crippen molar-refractivity contribution in [3.05, 3.63) is 35.9 Å². The van der Waals surface area contributed by atoms with E-state index in [0.29, 0.717) is 13.2 Å². The molecule has 4 aromatic heterocycles. The van der Waals surface area contributed by atoms with Gasteiger partial charge >= 0.3 is 0 Å². The quantitative estimate of drug-likeness (QED) is 0.576. The number of hydrogen-bond donors (Lipinski definition) is 1. The molecule has 0 spiro atoms. The SMILES string of the molecule is Cc1cc(-c2ncn3c(-c4c(C)cnn4C)cc(N4CCOC[C@H]4C)nc23)[nH]n1. The molecule has 1 aliphatic heterocycles. The first-order chi connectivity index (χ1) is 14.0. The van der Waals surface area contributed by atoms with Crippen LogP contribution in [0.15, 0.2) is 24.7 Å². The van der Waals surface area contributed by atoms with Gasteiger partial charge in [0.15, 0.2) is 5.65 Å². The highest BCUT2D eigenvalue weighted by molar-refractivity contribution is 5.77. The van der Waals surface area contributed by atoms with Crippen molar-refractivity contribution in [1.82, 2.24) is 34.3 Å². The number of aromatic nitrogens is 7. The van der Waals surface area contributed by atoms with Crippen molar-refractivity contribution in [3.8, 4) is 22.8 Å². The summed E-state index contributed by atoms with van der Waals surface area (Å²) in [6, 6.07) is 4.37. The minimum Gasteiger partial charge on any atom is -0.377 e. The molecule has 29 heavy (non-hydrogen) atoms. The molecule has 5 heterocycles. The zero-order valence-electron chi connectivity index (χ0n) is 17.0. The summed E-state index contributed by atoms with van der Waals surface area (Å²) in [6.45, 7) is 8.39. The van der Waals surface area contributed by atoms with E-state index in [1.807, 2.05) is 41.6 Å². The van der Waals surface area contributed by atoms with Gasteiger partial charge in [0.05, 0.1) is 48.2 Å². The third kappa shape index (κ3) is 2.89. The van der Waals surface area contributed by atoms with Crippen LogP contribution in [0.4, 0.5) is 5.82 Å². The summed E-state index contributed by atoms with van der Waals surface area (Å²) in [5.41, 5.74) is 6.52. The second-order valence-corrected chi connectivity index (χ2v) is 7.63. The van der Waals surface area contributed by atoms with Crippen molar-refractivity contribution in [3.63, 3.8) is 0 Å². The van der Waals surface area contributed by atoms with E-state index in [2.05, 4.69) is 45.1 Å².